The van der Waals surface area contributed by atoms with Gasteiger partial charge in [-0.1, -0.05) is 0 Å². The average molecular weight is 303 g/mol. The van der Waals surface area contributed by atoms with Crippen molar-refractivity contribution in [3.05, 3.63) is 29.3 Å². The lowest BCUT2D eigenvalue weighted by molar-refractivity contribution is -0.130. The van der Waals surface area contributed by atoms with E-state index in [1.807, 2.05) is 30.9 Å². The molecule has 0 aliphatic carbocycles. The minimum absolute atomic E-state index is 0.146. The maximum absolute atomic E-state index is 11.3. The van der Waals surface area contributed by atoms with Crippen LogP contribution in [0, 0.1) is 13.8 Å². The third kappa shape index (κ3) is 3.06. The second kappa shape index (κ2) is 5.96. The Morgan fingerprint density at radius 1 is 1.18 bits per heavy atom. The number of rotatable bonds is 3. The van der Waals surface area contributed by atoms with Gasteiger partial charge in [0, 0.05) is 39.6 Å². The molecule has 3 rings (SSSR count). The van der Waals surface area contributed by atoms with Gasteiger partial charge in [0.15, 0.2) is 5.76 Å². The maximum atomic E-state index is 11.3. The summed E-state index contributed by atoms with van der Waals surface area (Å²) in [4.78, 5) is 20.1. The van der Waals surface area contributed by atoms with Gasteiger partial charge in [0.25, 0.3) is 5.89 Å². The van der Waals surface area contributed by atoms with Gasteiger partial charge in [0.1, 0.15) is 11.5 Å². The van der Waals surface area contributed by atoms with E-state index in [1.54, 1.807) is 6.92 Å². The summed E-state index contributed by atoms with van der Waals surface area (Å²) in [6, 6.07) is 3.77. The standard InChI is InChI=1S/C16H21N3O3/c1-11-4-5-15(21-11)16-17-14(12(2)22-16)10-18-6-8-19(9-7-18)13(3)20/h4-5H,6-10H2,1-3H3. The molecule has 2 aromatic rings. The Labute approximate surface area is 129 Å². The quantitative estimate of drug-likeness (QED) is 0.870. The molecule has 0 radical (unpaired) electrons. The van der Waals surface area contributed by atoms with Crippen LogP contribution in [0.15, 0.2) is 21.0 Å². The Morgan fingerprint density at radius 2 is 1.91 bits per heavy atom. The Morgan fingerprint density at radius 3 is 2.50 bits per heavy atom. The first-order chi connectivity index (χ1) is 10.5. The molecule has 0 unspecified atom stereocenters. The first-order valence-corrected chi connectivity index (χ1v) is 7.54. The first kappa shape index (κ1) is 14.8. The lowest BCUT2D eigenvalue weighted by atomic mass is 10.2. The van der Waals surface area contributed by atoms with Gasteiger partial charge in [-0.05, 0) is 26.0 Å². The number of piperazine rings is 1. The Balaban J connectivity index is 1.66. The molecule has 6 heteroatoms. The monoisotopic (exact) mass is 303 g/mol. The molecule has 3 heterocycles. The zero-order valence-corrected chi connectivity index (χ0v) is 13.3. The van der Waals surface area contributed by atoms with E-state index in [1.165, 1.54) is 0 Å². The Bertz CT molecular complexity index is 666. The van der Waals surface area contributed by atoms with Crippen LogP contribution >= 0.6 is 0 Å². The molecular formula is C16H21N3O3. The van der Waals surface area contributed by atoms with Crippen molar-refractivity contribution in [2.24, 2.45) is 0 Å². The molecule has 22 heavy (non-hydrogen) atoms. The predicted molar refractivity (Wildman–Crippen MR) is 81.2 cm³/mol. The van der Waals surface area contributed by atoms with E-state index in [-0.39, 0.29) is 5.91 Å². The van der Waals surface area contributed by atoms with Gasteiger partial charge in [0.2, 0.25) is 5.91 Å². The number of aromatic nitrogens is 1. The number of oxazole rings is 1. The number of carbonyl (C=O) groups excluding carboxylic acids is 1. The second-order valence-electron chi connectivity index (χ2n) is 5.71. The summed E-state index contributed by atoms with van der Waals surface area (Å²) in [5.41, 5.74) is 0.931. The number of carbonyl (C=O) groups is 1. The summed E-state index contributed by atoms with van der Waals surface area (Å²) in [6.45, 7) is 9.45. The molecule has 0 saturated carbocycles. The van der Waals surface area contributed by atoms with E-state index in [4.69, 9.17) is 8.83 Å². The van der Waals surface area contributed by atoms with Crippen molar-refractivity contribution in [2.45, 2.75) is 27.3 Å². The molecule has 1 aliphatic rings. The van der Waals surface area contributed by atoms with Crippen molar-refractivity contribution in [3.8, 4) is 11.7 Å². The predicted octanol–water partition coefficient (Wildman–Crippen LogP) is 2.22. The lowest BCUT2D eigenvalue weighted by Gasteiger charge is -2.33. The van der Waals surface area contributed by atoms with Crippen molar-refractivity contribution in [3.63, 3.8) is 0 Å². The minimum Gasteiger partial charge on any atom is -0.456 e. The average Bonchev–Trinajstić information content (AvgIpc) is 3.06. The summed E-state index contributed by atoms with van der Waals surface area (Å²) in [6.07, 6.45) is 0. The normalized spacial score (nSPS) is 16.2. The van der Waals surface area contributed by atoms with Crippen LogP contribution in [0.1, 0.15) is 24.1 Å². The van der Waals surface area contributed by atoms with Gasteiger partial charge in [0.05, 0.1) is 5.69 Å². The molecule has 1 aliphatic heterocycles. The van der Waals surface area contributed by atoms with Crippen LogP contribution in [0.25, 0.3) is 11.7 Å². The number of hydrogen-bond acceptors (Lipinski definition) is 5. The molecule has 6 nitrogen and oxygen atoms in total. The fraction of sp³-hybridized carbons (Fsp3) is 0.500. The number of amides is 1. The molecule has 1 saturated heterocycles. The van der Waals surface area contributed by atoms with Crippen molar-refractivity contribution in [2.75, 3.05) is 26.2 Å². The molecule has 2 aromatic heterocycles. The molecule has 0 atom stereocenters. The number of furan rings is 1. The number of nitrogens with zero attached hydrogens (tertiary/aromatic N) is 3. The fourth-order valence-electron chi connectivity index (χ4n) is 2.66. The van der Waals surface area contributed by atoms with Crippen molar-refractivity contribution >= 4 is 5.91 Å². The zero-order chi connectivity index (χ0) is 15.7. The topological polar surface area (TPSA) is 62.7 Å². The first-order valence-electron chi connectivity index (χ1n) is 7.54. The van der Waals surface area contributed by atoms with Gasteiger partial charge in [-0.25, -0.2) is 4.98 Å². The molecule has 0 spiro atoms. The maximum Gasteiger partial charge on any atom is 0.263 e. The van der Waals surface area contributed by atoms with E-state index in [0.29, 0.717) is 11.7 Å². The molecule has 0 N–H and O–H groups in total. The van der Waals surface area contributed by atoms with E-state index >= 15 is 0 Å². The van der Waals surface area contributed by atoms with Gasteiger partial charge >= 0.3 is 0 Å². The molecule has 0 bridgehead atoms. The van der Waals surface area contributed by atoms with Crippen LogP contribution in [0.4, 0.5) is 0 Å². The van der Waals surface area contributed by atoms with Gasteiger partial charge in [-0.15, -0.1) is 0 Å². The summed E-state index contributed by atoms with van der Waals surface area (Å²) in [5, 5.41) is 0. The fourth-order valence-corrected chi connectivity index (χ4v) is 2.66. The highest BCUT2D eigenvalue weighted by atomic mass is 16.4. The highest BCUT2D eigenvalue weighted by molar-refractivity contribution is 5.73. The Hall–Kier alpha value is -2.08. The van der Waals surface area contributed by atoms with Gasteiger partial charge in [-0.3, -0.25) is 9.69 Å². The Kier molecular flexibility index (Phi) is 4.02. The summed E-state index contributed by atoms with van der Waals surface area (Å²) in [7, 11) is 0. The van der Waals surface area contributed by atoms with E-state index in [2.05, 4.69) is 9.88 Å². The van der Waals surface area contributed by atoms with Crippen LogP contribution in [0.2, 0.25) is 0 Å². The van der Waals surface area contributed by atoms with Crippen molar-refractivity contribution in [1.82, 2.24) is 14.8 Å². The number of aryl methyl sites for hydroxylation is 2. The van der Waals surface area contributed by atoms with Crippen molar-refractivity contribution < 1.29 is 13.6 Å². The zero-order valence-electron chi connectivity index (χ0n) is 13.3. The largest absolute Gasteiger partial charge is 0.456 e. The third-order valence-corrected chi connectivity index (χ3v) is 4.03. The van der Waals surface area contributed by atoms with Crippen LogP contribution in [0.3, 0.4) is 0 Å². The van der Waals surface area contributed by atoms with Gasteiger partial charge < -0.3 is 13.7 Å². The molecule has 118 valence electrons. The highest BCUT2D eigenvalue weighted by Crippen LogP contribution is 2.24. The van der Waals surface area contributed by atoms with Crippen LogP contribution in [-0.2, 0) is 11.3 Å². The van der Waals surface area contributed by atoms with Crippen molar-refractivity contribution in [1.29, 1.82) is 0 Å². The summed E-state index contributed by atoms with van der Waals surface area (Å²) < 4.78 is 11.3. The highest BCUT2D eigenvalue weighted by Gasteiger charge is 2.21. The van der Waals surface area contributed by atoms with Crippen LogP contribution < -0.4 is 0 Å². The van der Waals surface area contributed by atoms with E-state index in [9.17, 15) is 4.79 Å². The summed E-state index contributed by atoms with van der Waals surface area (Å²) in [5.74, 6) is 3.00. The molecule has 1 amide bonds. The van der Waals surface area contributed by atoms with Gasteiger partial charge in [-0.2, -0.15) is 0 Å². The van der Waals surface area contributed by atoms with E-state index < -0.39 is 0 Å². The molecule has 1 fully saturated rings. The minimum atomic E-state index is 0.146. The van der Waals surface area contributed by atoms with E-state index in [0.717, 1.165) is 49.9 Å². The smallest absolute Gasteiger partial charge is 0.263 e. The number of hydrogen-bond donors (Lipinski definition) is 0. The lowest BCUT2D eigenvalue weighted by Crippen LogP contribution is -2.47. The third-order valence-electron chi connectivity index (χ3n) is 4.03. The molecular weight excluding hydrogens is 282 g/mol. The SMILES string of the molecule is CC(=O)N1CCN(Cc2nc(-c3ccc(C)o3)oc2C)CC1. The van der Waals surface area contributed by atoms with Crippen LogP contribution in [0.5, 0.6) is 0 Å². The second-order valence-corrected chi connectivity index (χ2v) is 5.71. The van der Waals surface area contributed by atoms with Crippen LogP contribution in [-0.4, -0.2) is 46.9 Å². The summed E-state index contributed by atoms with van der Waals surface area (Å²) >= 11 is 0. The molecule has 0 aromatic carbocycles.